The highest BCUT2D eigenvalue weighted by molar-refractivity contribution is 7.89. The van der Waals surface area contributed by atoms with Crippen LogP contribution in [-0.2, 0) is 10.0 Å². The third-order valence-corrected chi connectivity index (χ3v) is 5.94. The van der Waals surface area contributed by atoms with Crippen molar-refractivity contribution in [2.75, 3.05) is 33.0 Å². The highest BCUT2D eigenvalue weighted by Gasteiger charge is 2.36. The van der Waals surface area contributed by atoms with Crippen LogP contribution in [0.1, 0.15) is 25.7 Å². The van der Waals surface area contributed by atoms with Crippen LogP contribution >= 0.6 is 0 Å². The Morgan fingerprint density at radius 3 is 2.19 bits per heavy atom. The number of benzene rings is 1. The largest absolute Gasteiger partial charge is 0.388 e. The Labute approximate surface area is 127 Å². The molecule has 0 amide bonds. The predicted molar refractivity (Wildman–Crippen MR) is 86.1 cm³/mol. The summed E-state index contributed by atoms with van der Waals surface area (Å²) in [6, 6.07) is 6.80. The Hall–Kier alpha value is -1.11. The van der Waals surface area contributed by atoms with Crippen LogP contribution in [0.5, 0.6) is 0 Å². The first kappa shape index (κ1) is 16.3. The van der Waals surface area contributed by atoms with Gasteiger partial charge in [-0.25, -0.2) is 13.1 Å². The minimum atomic E-state index is -3.45. The van der Waals surface area contributed by atoms with Crippen molar-refractivity contribution in [2.45, 2.75) is 36.1 Å². The summed E-state index contributed by atoms with van der Waals surface area (Å²) >= 11 is 0. The molecule has 1 aromatic rings. The van der Waals surface area contributed by atoms with Crippen molar-refractivity contribution >= 4 is 15.7 Å². The second-order valence-corrected chi connectivity index (χ2v) is 7.69. The fourth-order valence-corrected chi connectivity index (χ4v) is 4.05. The van der Waals surface area contributed by atoms with Gasteiger partial charge in [0.25, 0.3) is 0 Å². The van der Waals surface area contributed by atoms with E-state index in [9.17, 15) is 8.42 Å². The van der Waals surface area contributed by atoms with Crippen LogP contribution in [-0.4, -0.2) is 46.5 Å². The first-order valence-electron chi connectivity index (χ1n) is 7.35. The zero-order valence-corrected chi connectivity index (χ0v) is 13.8. The first-order valence-corrected chi connectivity index (χ1v) is 8.83. The average Bonchev–Trinajstić information content (AvgIpc) is 2.96. The number of sulfonamides is 1. The Bertz CT molecular complexity index is 561. The van der Waals surface area contributed by atoms with Crippen molar-refractivity contribution in [3.63, 3.8) is 0 Å². The predicted octanol–water partition coefficient (Wildman–Crippen LogP) is 1.88. The Balaban J connectivity index is 2.10. The lowest BCUT2D eigenvalue weighted by Gasteiger charge is -2.36. The number of likely N-dealkylation sites (N-methyl/N-ethyl adjacent to an activating group) is 1. The summed E-state index contributed by atoms with van der Waals surface area (Å²) in [6.45, 7) is 0.468. The Morgan fingerprint density at radius 2 is 1.71 bits per heavy atom. The summed E-state index contributed by atoms with van der Waals surface area (Å²) in [7, 11) is 2.42. The van der Waals surface area contributed by atoms with E-state index in [1.807, 2.05) is 21.1 Å². The van der Waals surface area contributed by atoms with Crippen molar-refractivity contribution in [3.05, 3.63) is 24.3 Å². The molecule has 6 heteroatoms. The van der Waals surface area contributed by atoms with Crippen LogP contribution in [0.2, 0.25) is 0 Å². The van der Waals surface area contributed by atoms with Gasteiger partial charge in [-0.2, -0.15) is 0 Å². The standard InChI is InChI=1S/C15H25N3O2S/c1-16-13-6-8-14(9-7-13)21(19,20)17-12-15(18(2)3)10-4-5-11-15/h6-9,16-17H,4-5,10-12H2,1-3H3. The van der Waals surface area contributed by atoms with Gasteiger partial charge in [-0.05, 0) is 51.2 Å². The topological polar surface area (TPSA) is 61.4 Å². The van der Waals surface area contributed by atoms with Crippen molar-refractivity contribution in [2.24, 2.45) is 0 Å². The second-order valence-electron chi connectivity index (χ2n) is 5.92. The maximum atomic E-state index is 12.4. The molecule has 0 heterocycles. The minimum Gasteiger partial charge on any atom is -0.388 e. The molecule has 1 aliphatic carbocycles. The van der Waals surface area contributed by atoms with Gasteiger partial charge in [0, 0.05) is 24.8 Å². The van der Waals surface area contributed by atoms with Crippen molar-refractivity contribution < 1.29 is 8.42 Å². The highest BCUT2D eigenvalue weighted by Crippen LogP contribution is 2.33. The zero-order valence-electron chi connectivity index (χ0n) is 13.0. The summed E-state index contributed by atoms with van der Waals surface area (Å²) in [6.07, 6.45) is 4.41. The van der Waals surface area contributed by atoms with E-state index in [-0.39, 0.29) is 5.54 Å². The number of nitrogens with one attached hydrogen (secondary N) is 2. The van der Waals surface area contributed by atoms with Gasteiger partial charge in [-0.3, -0.25) is 0 Å². The molecule has 21 heavy (non-hydrogen) atoms. The summed E-state index contributed by atoms with van der Waals surface area (Å²) in [5, 5.41) is 2.98. The molecule has 1 aromatic carbocycles. The fourth-order valence-electron chi connectivity index (χ4n) is 2.93. The molecule has 0 radical (unpaired) electrons. The summed E-state index contributed by atoms with van der Waals surface area (Å²) in [4.78, 5) is 2.47. The molecule has 5 nitrogen and oxygen atoms in total. The molecule has 0 saturated heterocycles. The molecule has 2 N–H and O–H groups in total. The molecule has 0 aliphatic heterocycles. The summed E-state index contributed by atoms with van der Waals surface area (Å²) < 4.78 is 27.6. The molecule has 1 saturated carbocycles. The smallest absolute Gasteiger partial charge is 0.240 e. The van der Waals surface area contributed by atoms with Crippen LogP contribution in [0.3, 0.4) is 0 Å². The molecular formula is C15H25N3O2S. The molecule has 1 aliphatic rings. The normalized spacial score (nSPS) is 18.1. The van der Waals surface area contributed by atoms with Gasteiger partial charge < -0.3 is 10.2 Å². The third kappa shape index (κ3) is 3.56. The monoisotopic (exact) mass is 311 g/mol. The van der Waals surface area contributed by atoms with Crippen LogP contribution in [0, 0.1) is 0 Å². The van der Waals surface area contributed by atoms with Gasteiger partial charge in [0.05, 0.1) is 4.90 Å². The third-order valence-electron chi connectivity index (χ3n) is 4.53. The lowest BCUT2D eigenvalue weighted by molar-refractivity contribution is 0.162. The fraction of sp³-hybridized carbons (Fsp3) is 0.600. The number of anilines is 1. The summed E-state index contributed by atoms with van der Waals surface area (Å²) in [5.41, 5.74) is 0.854. The number of hydrogen-bond acceptors (Lipinski definition) is 4. The van der Waals surface area contributed by atoms with Gasteiger partial charge in [0.15, 0.2) is 0 Å². The molecule has 118 valence electrons. The van der Waals surface area contributed by atoms with Gasteiger partial charge >= 0.3 is 0 Å². The van der Waals surface area contributed by atoms with Gasteiger partial charge in [-0.1, -0.05) is 12.8 Å². The van der Waals surface area contributed by atoms with Gasteiger partial charge in [0.2, 0.25) is 10.0 Å². The molecule has 0 spiro atoms. The van der Waals surface area contributed by atoms with Crippen molar-refractivity contribution in [3.8, 4) is 0 Å². The maximum absolute atomic E-state index is 12.4. The second kappa shape index (κ2) is 6.34. The van der Waals surface area contributed by atoms with Gasteiger partial charge in [0.1, 0.15) is 0 Å². The molecule has 0 bridgehead atoms. The maximum Gasteiger partial charge on any atom is 0.240 e. The van der Waals surface area contributed by atoms with Crippen LogP contribution < -0.4 is 10.0 Å². The van der Waals surface area contributed by atoms with Crippen LogP contribution in [0.15, 0.2) is 29.2 Å². The lowest BCUT2D eigenvalue weighted by atomic mass is 9.97. The minimum absolute atomic E-state index is 0.0437. The molecule has 2 rings (SSSR count). The summed E-state index contributed by atoms with van der Waals surface area (Å²) in [5.74, 6) is 0. The van der Waals surface area contributed by atoms with Crippen LogP contribution in [0.4, 0.5) is 5.69 Å². The lowest BCUT2D eigenvalue weighted by Crippen LogP contribution is -2.50. The van der Waals surface area contributed by atoms with Gasteiger partial charge in [-0.15, -0.1) is 0 Å². The van der Waals surface area contributed by atoms with E-state index in [0.29, 0.717) is 11.4 Å². The van der Waals surface area contributed by atoms with E-state index in [1.54, 1.807) is 24.3 Å². The number of hydrogen-bond donors (Lipinski definition) is 2. The van der Waals surface area contributed by atoms with E-state index >= 15 is 0 Å². The van der Waals surface area contributed by atoms with Crippen molar-refractivity contribution in [1.82, 2.24) is 9.62 Å². The number of nitrogens with zero attached hydrogens (tertiary/aromatic N) is 1. The highest BCUT2D eigenvalue weighted by atomic mass is 32.2. The van der Waals surface area contributed by atoms with E-state index < -0.39 is 10.0 Å². The molecule has 1 fully saturated rings. The van der Waals surface area contributed by atoms with E-state index in [2.05, 4.69) is 14.9 Å². The van der Waals surface area contributed by atoms with E-state index in [1.165, 1.54) is 0 Å². The zero-order chi connectivity index (χ0) is 15.5. The van der Waals surface area contributed by atoms with E-state index in [4.69, 9.17) is 0 Å². The quantitative estimate of drug-likeness (QED) is 0.842. The SMILES string of the molecule is CNc1ccc(S(=O)(=O)NCC2(N(C)C)CCCC2)cc1. The Kier molecular flexibility index (Phi) is 4.91. The molecule has 0 aromatic heterocycles. The average molecular weight is 311 g/mol. The molecular weight excluding hydrogens is 286 g/mol. The molecule has 0 atom stereocenters. The van der Waals surface area contributed by atoms with Crippen molar-refractivity contribution in [1.29, 1.82) is 0 Å². The number of rotatable bonds is 6. The van der Waals surface area contributed by atoms with E-state index in [0.717, 1.165) is 31.4 Å². The van der Waals surface area contributed by atoms with Crippen LogP contribution in [0.25, 0.3) is 0 Å². The Morgan fingerprint density at radius 1 is 1.14 bits per heavy atom. The molecule has 0 unspecified atom stereocenters. The first-order chi connectivity index (χ1) is 9.89.